The van der Waals surface area contributed by atoms with Crippen LogP contribution in [0.3, 0.4) is 0 Å². The SMILES string of the molecule is COC(CNC(=O)Nc1ccccc1Cl)c1ccco1. The lowest BCUT2D eigenvalue weighted by Crippen LogP contribution is -2.32. The van der Waals surface area contributed by atoms with Crippen molar-refractivity contribution in [2.45, 2.75) is 6.10 Å². The van der Waals surface area contributed by atoms with E-state index >= 15 is 0 Å². The summed E-state index contributed by atoms with van der Waals surface area (Å²) in [4.78, 5) is 11.8. The zero-order chi connectivity index (χ0) is 14.4. The number of carbonyl (C=O) groups excluding carboxylic acids is 1. The molecule has 1 aromatic heterocycles. The molecule has 0 aliphatic heterocycles. The summed E-state index contributed by atoms with van der Waals surface area (Å²) in [6.45, 7) is 0.292. The van der Waals surface area contributed by atoms with Crippen molar-refractivity contribution in [2.75, 3.05) is 19.0 Å². The molecular weight excluding hydrogens is 280 g/mol. The zero-order valence-corrected chi connectivity index (χ0v) is 11.7. The molecule has 2 N–H and O–H groups in total. The molecule has 0 fully saturated rings. The first-order valence-corrected chi connectivity index (χ1v) is 6.44. The van der Waals surface area contributed by atoms with Crippen molar-refractivity contribution in [1.82, 2.24) is 5.32 Å². The van der Waals surface area contributed by atoms with Gasteiger partial charge in [0.1, 0.15) is 11.9 Å². The van der Waals surface area contributed by atoms with Gasteiger partial charge in [-0.1, -0.05) is 23.7 Å². The van der Waals surface area contributed by atoms with Gasteiger partial charge in [-0.2, -0.15) is 0 Å². The van der Waals surface area contributed by atoms with Gasteiger partial charge in [0.2, 0.25) is 0 Å². The minimum absolute atomic E-state index is 0.292. The lowest BCUT2D eigenvalue weighted by Gasteiger charge is -2.14. The average molecular weight is 295 g/mol. The standard InChI is InChI=1S/C14H15ClN2O3/c1-19-13(12-7-4-8-20-12)9-16-14(18)17-11-6-3-2-5-10(11)15/h2-8,13H,9H2,1H3,(H2,16,17,18). The van der Waals surface area contributed by atoms with Gasteiger partial charge in [0.25, 0.3) is 0 Å². The number of benzene rings is 1. The summed E-state index contributed by atoms with van der Waals surface area (Å²) >= 11 is 5.96. The first-order valence-electron chi connectivity index (χ1n) is 6.06. The molecule has 2 rings (SSSR count). The Hall–Kier alpha value is -1.98. The summed E-state index contributed by atoms with van der Waals surface area (Å²) in [6.07, 6.45) is 1.23. The molecule has 6 heteroatoms. The molecule has 106 valence electrons. The lowest BCUT2D eigenvalue weighted by atomic mass is 10.2. The lowest BCUT2D eigenvalue weighted by molar-refractivity contribution is 0.0855. The van der Waals surface area contributed by atoms with E-state index in [1.807, 2.05) is 0 Å². The number of halogens is 1. The smallest absolute Gasteiger partial charge is 0.319 e. The third-order valence-electron chi connectivity index (χ3n) is 2.72. The maximum absolute atomic E-state index is 11.8. The minimum Gasteiger partial charge on any atom is -0.467 e. The Morgan fingerprint density at radius 2 is 2.15 bits per heavy atom. The molecular formula is C14H15ClN2O3. The normalized spacial score (nSPS) is 11.9. The van der Waals surface area contributed by atoms with Crippen LogP contribution in [0.5, 0.6) is 0 Å². The second-order valence-corrected chi connectivity index (χ2v) is 4.46. The third kappa shape index (κ3) is 3.76. The van der Waals surface area contributed by atoms with E-state index in [2.05, 4.69) is 10.6 Å². The maximum atomic E-state index is 11.8. The van der Waals surface area contributed by atoms with Crippen LogP contribution in [-0.2, 0) is 4.74 Å². The fraction of sp³-hybridized carbons (Fsp3) is 0.214. The number of rotatable bonds is 5. The number of methoxy groups -OCH3 is 1. The van der Waals surface area contributed by atoms with Crippen molar-refractivity contribution in [3.05, 3.63) is 53.4 Å². The van der Waals surface area contributed by atoms with E-state index < -0.39 is 0 Å². The van der Waals surface area contributed by atoms with Crippen LogP contribution >= 0.6 is 11.6 Å². The van der Waals surface area contributed by atoms with Crippen LogP contribution in [0.1, 0.15) is 11.9 Å². The molecule has 0 saturated heterocycles. The highest BCUT2D eigenvalue weighted by molar-refractivity contribution is 6.33. The van der Waals surface area contributed by atoms with Crippen molar-refractivity contribution >= 4 is 23.3 Å². The van der Waals surface area contributed by atoms with Crippen LogP contribution < -0.4 is 10.6 Å². The summed E-state index contributed by atoms with van der Waals surface area (Å²) in [7, 11) is 1.56. The number of amides is 2. The van der Waals surface area contributed by atoms with Crippen molar-refractivity contribution in [2.24, 2.45) is 0 Å². The molecule has 0 aliphatic rings. The largest absolute Gasteiger partial charge is 0.467 e. The molecule has 1 atom stereocenters. The topological polar surface area (TPSA) is 63.5 Å². The predicted molar refractivity (Wildman–Crippen MR) is 76.9 cm³/mol. The highest BCUT2D eigenvalue weighted by Gasteiger charge is 2.14. The molecule has 0 saturated carbocycles. The summed E-state index contributed by atoms with van der Waals surface area (Å²) < 4.78 is 10.5. The predicted octanol–water partition coefficient (Wildman–Crippen LogP) is 3.44. The van der Waals surface area contributed by atoms with Gasteiger partial charge < -0.3 is 19.8 Å². The second kappa shape index (κ2) is 6.98. The van der Waals surface area contributed by atoms with Crippen molar-refractivity contribution < 1.29 is 13.9 Å². The van der Waals surface area contributed by atoms with Gasteiger partial charge in [-0.05, 0) is 24.3 Å². The Bertz CT molecular complexity index is 557. The Morgan fingerprint density at radius 1 is 1.35 bits per heavy atom. The van der Waals surface area contributed by atoms with Gasteiger partial charge in [-0.15, -0.1) is 0 Å². The fourth-order valence-corrected chi connectivity index (χ4v) is 1.87. The van der Waals surface area contributed by atoms with Gasteiger partial charge >= 0.3 is 6.03 Å². The maximum Gasteiger partial charge on any atom is 0.319 e. The number of urea groups is 1. The monoisotopic (exact) mass is 294 g/mol. The molecule has 0 bridgehead atoms. The van der Waals surface area contributed by atoms with E-state index in [0.717, 1.165) is 0 Å². The molecule has 1 aromatic carbocycles. The summed E-state index contributed by atoms with van der Waals surface area (Å²) in [6, 6.07) is 10.2. The van der Waals surface area contributed by atoms with Crippen molar-refractivity contribution in [3.63, 3.8) is 0 Å². The van der Waals surface area contributed by atoms with Gasteiger partial charge in [0.15, 0.2) is 0 Å². The molecule has 0 radical (unpaired) electrons. The highest BCUT2D eigenvalue weighted by atomic mass is 35.5. The van der Waals surface area contributed by atoms with Crippen molar-refractivity contribution in [1.29, 1.82) is 0 Å². The number of ether oxygens (including phenoxy) is 1. The Labute approximate surface area is 121 Å². The van der Waals surface area contributed by atoms with Crippen LogP contribution in [0.2, 0.25) is 5.02 Å². The number of furan rings is 1. The van der Waals surface area contributed by atoms with Gasteiger partial charge in [-0.3, -0.25) is 0 Å². The van der Waals surface area contributed by atoms with Gasteiger partial charge in [-0.25, -0.2) is 4.79 Å². The minimum atomic E-state index is -0.355. The summed E-state index contributed by atoms with van der Waals surface area (Å²) in [5, 5.41) is 5.85. The van der Waals surface area contributed by atoms with E-state index in [4.69, 9.17) is 20.8 Å². The number of nitrogens with one attached hydrogen (secondary N) is 2. The molecule has 2 aromatic rings. The van der Waals surface area contributed by atoms with E-state index in [1.165, 1.54) is 0 Å². The Kier molecular flexibility index (Phi) is 5.03. The van der Waals surface area contributed by atoms with Crippen LogP contribution in [-0.4, -0.2) is 19.7 Å². The van der Waals surface area contributed by atoms with E-state index in [0.29, 0.717) is 23.0 Å². The second-order valence-electron chi connectivity index (χ2n) is 4.05. The number of para-hydroxylation sites is 1. The Balaban J connectivity index is 1.87. The summed E-state index contributed by atoms with van der Waals surface area (Å²) in [5.74, 6) is 0.658. The van der Waals surface area contributed by atoms with Crippen LogP contribution in [0.4, 0.5) is 10.5 Å². The van der Waals surface area contributed by atoms with Crippen LogP contribution in [0, 0.1) is 0 Å². The number of hydrogen-bond acceptors (Lipinski definition) is 3. The number of anilines is 1. The van der Waals surface area contributed by atoms with Gasteiger partial charge in [0, 0.05) is 7.11 Å². The van der Waals surface area contributed by atoms with Gasteiger partial charge in [0.05, 0.1) is 23.5 Å². The first kappa shape index (κ1) is 14.4. The molecule has 0 aliphatic carbocycles. The molecule has 1 heterocycles. The molecule has 20 heavy (non-hydrogen) atoms. The number of carbonyl (C=O) groups is 1. The fourth-order valence-electron chi connectivity index (χ4n) is 1.69. The van der Waals surface area contributed by atoms with E-state index in [-0.39, 0.29) is 12.1 Å². The summed E-state index contributed by atoms with van der Waals surface area (Å²) in [5.41, 5.74) is 0.554. The molecule has 5 nitrogen and oxygen atoms in total. The molecule has 1 unspecified atom stereocenters. The third-order valence-corrected chi connectivity index (χ3v) is 3.04. The zero-order valence-electron chi connectivity index (χ0n) is 10.9. The van der Waals surface area contributed by atoms with E-state index in [1.54, 1.807) is 49.8 Å². The quantitative estimate of drug-likeness (QED) is 0.888. The average Bonchev–Trinajstić information content (AvgIpc) is 2.96. The molecule has 2 amide bonds. The Morgan fingerprint density at radius 3 is 2.80 bits per heavy atom. The molecule has 0 spiro atoms. The number of hydrogen-bond donors (Lipinski definition) is 2. The highest BCUT2D eigenvalue weighted by Crippen LogP contribution is 2.20. The van der Waals surface area contributed by atoms with Crippen LogP contribution in [0.15, 0.2) is 47.1 Å². The van der Waals surface area contributed by atoms with E-state index in [9.17, 15) is 4.79 Å². The van der Waals surface area contributed by atoms with Crippen molar-refractivity contribution in [3.8, 4) is 0 Å². The first-order chi connectivity index (χ1) is 9.70. The van der Waals surface area contributed by atoms with Crippen LogP contribution in [0.25, 0.3) is 0 Å².